The van der Waals surface area contributed by atoms with Gasteiger partial charge >= 0.3 is 0 Å². The summed E-state index contributed by atoms with van der Waals surface area (Å²) in [6.07, 6.45) is 5.35. The van der Waals surface area contributed by atoms with Crippen LogP contribution in [-0.4, -0.2) is 31.8 Å². The molecule has 2 N–H and O–H groups in total. The Morgan fingerprint density at radius 1 is 1.25 bits per heavy atom. The number of rotatable bonds is 5. The summed E-state index contributed by atoms with van der Waals surface area (Å²) in [6, 6.07) is 12.4. The van der Waals surface area contributed by atoms with Crippen LogP contribution in [0.5, 0.6) is 5.88 Å². The van der Waals surface area contributed by atoms with Gasteiger partial charge in [0.1, 0.15) is 0 Å². The molecular formula is C21H19N5O2. The van der Waals surface area contributed by atoms with Crippen molar-refractivity contribution in [2.75, 3.05) is 0 Å². The lowest BCUT2D eigenvalue weighted by atomic mass is 10.1. The van der Waals surface area contributed by atoms with Crippen molar-refractivity contribution in [3.63, 3.8) is 0 Å². The van der Waals surface area contributed by atoms with Crippen molar-refractivity contribution in [2.24, 2.45) is 5.92 Å². The number of aromatic hydroxyl groups is 1. The second-order valence-electron chi connectivity index (χ2n) is 6.99. The van der Waals surface area contributed by atoms with Gasteiger partial charge in [0.2, 0.25) is 5.88 Å². The number of nitrogens with zero attached hydrogens (tertiary/aromatic N) is 4. The van der Waals surface area contributed by atoms with Crippen LogP contribution >= 0.6 is 0 Å². The molecule has 140 valence electrons. The van der Waals surface area contributed by atoms with E-state index < -0.39 is 0 Å². The highest BCUT2D eigenvalue weighted by Crippen LogP contribution is 2.32. The van der Waals surface area contributed by atoms with Crippen molar-refractivity contribution in [3.8, 4) is 28.9 Å². The van der Waals surface area contributed by atoms with Crippen molar-refractivity contribution in [3.05, 3.63) is 59.9 Å². The number of benzene rings is 1. The highest BCUT2D eigenvalue weighted by Gasteiger charge is 2.29. The van der Waals surface area contributed by atoms with Crippen LogP contribution in [0.15, 0.2) is 48.8 Å². The number of nitrogens with one attached hydrogen (secondary N) is 1. The molecule has 4 rings (SSSR count). The maximum absolute atomic E-state index is 12.3. The molecule has 1 aliphatic rings. The predicted octanol–water partition coefficient (Wildman–Crippen LogP) is 3.04. The lowest BCUT2D eigenvalue weighted by Crippen LogP contribution is -2.34. The maximum atomic E-state index is 12.3. The molecule has 1 aliphatic carbocycles. The van der Waals surface area contributed by atoms with Gasteiger partial charge in [-0.15, -0.1) is 0 Å². The molecule has 1 aromatic carbocycles. The Kier molecular flexibility index (Phi) is 4.53. The molecule has 2 aromatic heterocycles. The summed E-state index contributed by atoms with van der Waals surface area (Å²) in [5, 5.41) is 26.6. The highest BCUT2D eigenvalue weighted by molar-refractivity contribution is 5.94. The first-order valence-corrected chi connectivity index (χ1v) is 9.11. The van der Waals surface area contributed by atoms with Gasteiger partial charge in [-0.05, 0) is 55.5 Å². The van der Waals surface area contributed by atoms with Crippen molar-refractivity contribution < 1.29 is 9.90 Å². The van der Waals surface area contributed by atoms with Gasteiger partial charge in [0.25, 0.3) is 5.91 Å². The molecular weight excluding hydrogens is 354 g/mol. The van der Waals surface area contributed by atoms with E-state index in [9.17, 15) is 9.90 Å². The minimum absolute atomic E-state index is 0.0586. The van der Waals surface area contributed by atoms with E-state index in [1.165, 1.54) is 29.9 Å². The minimum atomic E-state index is -0.151. The smallest absolute Gasteiger partial charge is 0.253 e. The van der Waals surface area contributed by atoms with E-state index in [-0.39, 0.29) is 17.8 Å². The Hall–Kier alpha value is -3.66. The molecule has 7 nitrogen and oxygen atoms in total. The van der Waals surface area contributed by atoms with Gasteiger partial charge in [-0.3, -0.25) is 4.79 Å². The Morgan fingerprint density at radius 3 is 2.61 bits per heavy atom. The summed E-state index contributed by atoms with van der Waals surface area (Å²) in [5.74, 6) is 0.778. The number of carbonyl (C=O) groups excluding carboxylic acids is 1. The van der Waals surface area contributed by atoms with Crippen LogP contribution in [0.1, 0.15) is 35.7 Å². The highest BCUT2D eigenvalue weighted by atomic mass is 16.3. The molecule has 1 fully saturated rings. The fourth-order valence-corrected chi connectivity index (χ4v) is 3.09. The van der Waals surface area contributed by atoms with Gasteiger partial charge in [0, 0.05) is 12.2 Å². The Labute approximate surface area is 162 Å². The Balaban J connectivity index is 1.53. The fraction of sp³-hybridized carbons (Fsp3) is 0.238. The minimum Gasteiger partial charge on any atom is -0.493 e. The van der Waals surface area contributed by atoms with Crippen LogP contribution in [-0.2, 0) is 0 Å². The molecule has 1 unspecified atom stereocenters. The summed E-state index contributed by atoms with van der Waals surface area (Å²) >= 11 is 0. The zero-order valence-corrected chi connectivity index (χ0v) is 15.3. The molecule has 0 radical (unpaired) electrons. The number of pyridine rings is 1. The largest absolute Gasteiger partial charge is 0.493 e. The molecule has 0 aliphatic heterocycles. The van der Waals surface area contributed by atoms with E-state index in [1.807, 2.05) is 6.92 Å². The Bertz CT molecular complexity index is 1040. The van der Waals surface area contributed by atoms with Crippen LogP contribution in [0, 0.1) is 17.2 Å². The summed E-state index contributed by atoms with van der Waals surface area (Å²) in [7, 11) is 0. The summed E-state index contributed by atoms with van der Waals surface area (Å²) in [5.41, 5.74) is 2.29. The zero-order chi connectivity index (χ0) is 19.7. The van der Waals surface area contributed by atoms with Gasteiger partial charge in [-0.2, -0.15) is 15.0 Å². The first kappa shape index (κ1) is 17.7. The summed E-state index contributed by atoms with van der Waals surface area (Å²) < 4.78 is 1.31. The van der Waals surface area contributed by atoms with Crippen LogP contribution in [0.3, 0.4) is 0 Å². The first-order chi connectivity index (χ1) is 13.6. The second-order valence-corrected chi connectivity index (χ2v) is 6.99. The molecule has 1 amide bonds. The predicted molar refractivity (Wildman–Crippen MR) is 103 cm³/mol. The van der Waals surface area contributed by atoms with Crippen molar-refractivity contribution in [1.29, 1.82) is 5.26 Å². The van der Waals surface area contributed by atoms with Gasteiger partial charge in [0.15, 0.2) is 5.82 Å². The van der Waals surface area contributed by atoms with Crippen LogP contribution in [0.25, 0.3) is 16.9 Å². The molecule has 2 heterocycles. The van der Waals surface area contributed by atoms with Gasteiger partial charge in [-0.25, -0.2) is 4.98 Å². The topological polar surface area (TPSA) is 104 Å². The SMILES string of the molecule is CC(NC(=O)c1ccc(-n2ncc(-c3ccc(C#N)cc3)c2O)nc1)C1CC1. The normalized spacial score (nSPS) is 14.3. The van der Waals surface area contributed by atoms with Gasteiger partial charge in [0.05, 0.1) is 29.0 Å². The lowest BCUT2D eigenvalue weighted by Gasteiger charge is -2.12. The monoisotopic (exact) mass is 373 g/mol. The number of nitriles is 1. The molecule has 0 saturated heterocycles. The van der Waals surface area contributed by atoms with E-state index in [0.717, 1.165) is 5.56 Å². The van der Waals surface area contributed by atoms with Gasteiger partial charge in [-0.1, -0.05) is 12.1 Å². The van der Waals surface area contributed by atoms with Crippen molar-refractivity contribution in [1.82, 2.24) is 20.1 Å². The summed E-state index contributed by atoms with van der Waals surface area (Å²) in [6.45, 7) is 2.02. The molecule has 3 aromatic rings. The average molecular weight is 373 g/mol. The first-order valence-electron chi connectivity index (χ1n) is 9.11. The summed E-state index contributed by atoms with van der Waals surface area (Å²) in [4.78, 5) is 16.6. The number of carbonyl (C=O) groups is 1. The van der Waals surface area contributed by atoms with E-state index in [1.54, 1.807) is 36.4 Å². The van der Waals surface area contributed by atoms with Crippen LogP contribution in [0.4, 0.5) is 0 Å². The van der Waals surface area contributed by atoms with E-state index in [2.05, 4.69) is 21.5 Å². The number of aromatic nitrogens is 3. The van der Waals surface area contributed by atoms with E-state index >= 15 is 0 Å². The van der Waals surface area contributed by atoms with Gasteiger partial charge < -0.3 is 10.4 Å². The maximum Gasteiger partial charge on any atom is 0.253 e. The van der Waals surface area contributed by atoms with Crippen molar-refractivity contribution >= 4 is 5.91 Å². The second kappa shape index (κ2) is 7.16. The molecule has 7 heteroatoms. The molecule has 28 heavy (non-hydrogen) atoms. The zero-order valence-electron chi connectivity index (χ0n) is 15.3. The quantitative estimate of drug-likeness (QED) is 0.715. The molecule has 0 bridgehead atoms. The van der Waals surface area contributed by atoms with Crippen LogP contribution in [0.2, 0.25) is 0 Å². The average Bonchev–Trinajstić information content (AvgIpc) is 3.51. The third-order valence-electron chi connectivity index (χ3n) is 4.98. The van der Waals surface area contributed by atoms with E-state index in [4.69, 9.17) is 5.26 Å². The fourth-order valence-electron chi connectivity index (χ4n) is 3.09. The van der Waals surface area contributed by atoms with Crippen LogP contribution < -0.4 is 5.32 Å². The molecule has 1 saturated carbocycles. The van der Waals surface area contributed by atoms with E-state index in [0.29, 0.717) is 28.4 Å². The number of hydrogen-bond donors (Lipinski definition) is 2. The third kappa shape index (κ3) is 3.45. The number of amides is 1. The molecule has 0 spiro atoms. The third-order valence-corrected chi connectivity index (χ3v) is 4.98. The van der Waals surface area contributed by atoms with Crippen molar-refractivity contribution in [2.45, 2.75) is 25.8 Å². The number of hydrogen-bond acceptors (Lipinski definition) is 5. The molecule has 1 atom stereocenters. The standard InChI is InChI=1S/C21H19N5O2/c1-13(15-6-7-15)25-20(27)17-8-9-19(23-11-17)26-21(28)18(12-24-26)16-4-2-14(10-22)3-5-16/h2-5,8-9,11-13,15,28H,6-7H2,1H3,(H,25,27). The lowest BCUT2D eigenvalue weighted by molar-refractivity contribution is 0.0935. The Morgan fingerprint density at radius 2 is 2.00 bits per heavy atom.